The fraction of sp³-hybridized carbons (Fsp3) is 0.333. The molecule has 33 heavy (non-hydrogen) atoms. The summed E-state index contributed by atoms with van der Waals surface area (Å²) in [5.41, 5.74) is 4.19. The van der Waals surface area contributed by atoms with Crippen LogP contribution in [0.3, 0.4) is 0 Å². The minimum absolute atomic E-state index is 0.0638. The number of aromatic amines is 2. The van der Waals surface area contributed by atoms with Crippen LogP contribution in [0.25, 0.3) is 21.8 Å². The lowest BCUT2D eigenvalue weighted by molar-refractivity contribution is -0.121. The number of hydrogen-bond acceptors (Lipinski definition) is 2. The molecule has 170 valence electrons. The Bertz CT molecular complexity index is 1260. The van der Waals surface area contributed by atoms with Crippen molar-refractivity contribution >= 4 is 33.6 Å². The summed E-state index contributed by atoms with van der Waals surface area (Å²) in [6.07, 6.45) is 8.60. The zero-order valence-electron chi connectivity index (χ0n) is 18.7. The molecular formula is C27H30N4O2. The van der Waals surface area contributed by atoms with Crippen LogP contribution in [0.1, 0.15) is 36.8 Å². The largest absolute Gasteiger partial charge is 0.361 e. The van der Waals surface area contributed by atoms with Crippen molar-refractivity contribution in [1.29, 1.82) is 0 Å². The van der Waals surface area contributed by atoms with Crippen molar-refractivity contribution in [2.45, 2.75) is 44.6 Å². The van der Waals surface area contributed by atoms with Crippen LogP contribution in [0.15, 0.2) is 60.9 Å². The lowest BCUT2D eigenvalue weighted by Gasteiger charge is -2.29. The molecule has 1 aliphatic carbocycles. The SMILES string of the molecule is O=C(Cc1c[nH]c2ccccc12)NCC1CCC(NC(=O)Cc2c[nH]c3ccccc23)CC1. The first kappa shape index (κ1) is 21.3. The molecule has 2 aromatic carbocycles. The molecule has 0 aliphatic heterocycles. The highest BCUT2D eigenvalue weighted by atomic mass is 16.2. The summed E-state index contributed by atoms with van der Waals surface area (Å²) in [6.45, 7) is 0.706. The second-order valence-electron chi connectivity index (χ2n) is 9.16. The molecule has 5 rings (SSSR count). The summed E-state index contributed by atoms with van der Waals surface area (Å²) in [6, 6.07) is 16.3. The zero-order chi connectivity index (χ0) is 22.6. The number of benzene rings is 2. The number of fused-ring (bicyclic) bond motifs is 2. The van der Waals surface area contributed by atoms with E-state index in [9.17, 15) is 9.59 Å². The van der Waals surface area contributed by atoms with Gasteiger partial charge in [-0.05, 0) is 54.9 Å². The molecule has 0 saturated heterocycles. The number of amides is 2. The number of aromatic nitrogens is 2. The summed E-state index contributed by atoms with van der Waals surface area (Å²) in [7, 11) is 0. The van der Waals surface area contributed by atoms with Gasteiger partial charge in [-0.25, -0.2) is 0 Å². The van der Waals surface area contributed by atoms with Gasteiger partial charge in [-0.3, -0.25) is 9.59 Å². The van der Waals surface area contributed by atoms with E-state index in [4.69, 9.17) is 0 Å². The van der Waals surface area contributed by atoms with Crippen molar-refractivity contribution in [3.63, 3.8) is 0 Å². The van der Waals surface area contributed by atoms with Crippen molar-refractivity contribution < 1.29 is 9.59 Å². The minimum Gasteiger partial charge on any atom is -0.361 e. The first-order valence-electron chi connectivity index (χ1n) is 11.8. The summed E-state index contributed by atoms with van der Waals surface area (Å²) >= 11 is 0. The van der Waals surface area contributed by atoms with E-state index in [0.29, 0.717) is 25.3 Å². The summed E-state index contributed by atoms with van der Waals surface area (Å²) in [5.74, 6) is 0.614. The number of H-pyrrole nitrogens is 2. The molecule has 0 radical (unpaired) electrons. The van der Waals surface area contributed by atoms with E-state index in [1.165, 1.54) is 0 Å². The Balaban J connectivity index is 1.04. The summed E-state index contributed by atoms with van der Waals surface area (Å²) in [4.78, 5) is 31.5. The normalized spacial score (nSPS) is 18.4. The zero-order valence-corrected chi connectivity index (χ0v) is 18.7. The van der Waals surface area contributed by atoms with Gasteiger partial charge in [-0.2, -0.15) is 0 Å². The number of rotatable bonds is 7. The number of nitrogens with one attached hydrogen (secondary N) is 4. The first-order valence-corrected chi connectivity index (χ1v) is 11.8. The molecule has 4 N–H and O–H groups in total. The second-order valence-corrected chi connectivity index (χ2v) is 9.16. The van der Waals surface area contributed by atoms with Crippen LogP contribution in [0, 0.1) is 5.92 Å². The highest BCUT2D eigenvalue weighted by Crippen LogP contribution is 2.25. The Kier molecular flexibility index (Phi) is 6.15. The molecule has 6 heteroatoms. The van der Waals surface area contributed by atoms with Crippen LogP contribution in [-0.4, -0.2) is 34.4 Å². The molecule has 4 aromatic rings. The molecule has 1 fully saturated rings. The molecule has 2 heterocycles. The van der Waals surface area contributed by atoms with Crippen molar-refractivity contribution in [3.8, 4) is 0 Å². The average Bonchev–Trinajstić information content (AvgIpc) is 3.43. The van der Waals surface area contributed by atoms with Gasteiger partial charge in [0, 0.05) is 46.8 Å². The van der Waals surface area contributed by atoms with Gasteiger partial charge in [-0.1, -0.05) is 36.4 Å². The quantitative estimate of drug-likeness (QED) is 0.345. The van der Waals surface area contributed by atoms with Gasteiger partial charge < -0.3 is 20.6 Å². The van der Waals surface area contributed by atoms with E-state index in [-0.39, 0.29) is 17.9 Å². The monoisotopic (exact) mass is 442 g/mol. The van der Waals surface area contributed by atoms with E-state index >= 15 is 0 Å². The van der Waals surface area contributed by atoms with Crippen LogP contribution in [0.4, 0.5) is 0 Å². The van der Waals surface area contributed by atoms with Crippen molar-refractivity contribution in [2.75, 3.05) is 6.54 Å². The third-order valence-corrected chi connectivity index (χ3v) is 6.85. The van der Waals surface area contributed by atoms with Crippen LogP contribution < -0.4 is 10.6 Å². The smallest absolute Gasteiger partial charge is 0.224 e. The number of para-hydroxylation sites is 2. The van der Waals surface area contributed by atoms with E-state index in [2.05, 4.69) is 20.6 Å². The summed E-state index contributed by atoms with van der Waals surface area (Å²) < 4.78 is 0. The molecule has 0 bridgehead atoms. The molecule has 0 spiro atoms. The molecular weight excluding hydrogens is 412 g/mol. The maximum absolute atomic E-state index is 12.6. The van der Waals surface area contributed by atoms with Gasteiger partial charge in [0.15, 0.2) is 0 Å². The third-order valence-electron chi connectivity index (χ3n) is 6.85. The van der Waals surface area contributed by atoms with E-state index in [1.807, 2.05) is 60.9 Å². The molecule has 1 saturated carbocycles. The van der Waals surface area contributed by atoms with Crippen molar-refractivity contribution in [1.82, 2.24) is 20.6 Å². The molecule has 0 unspecified atom stereocenters. The Labute approximate surface area is 193 Å². The second kappa shape index (κ2) is 9.53. The van der Waals surface area contributed by atoms with E-state index in [0.717, 1.165) is 58.6 Å². The van der Waals surface area contributed by atoms with Gasteiger partial charge in [0.05, 0.1) is 12.8 Å². The van der Waals surface area contributed by atoms with Gasteiger partial charge in [0.2, 0.25) is 11.8 Å². The van der Waals surface area contributed by atoms with Crippen molar-refractivity contribution in [2.24, 2.45) is 5.92 Å². The highest BCUT2D eigenvalue weighted by molar-refractivity contribution is 5.89. The maximum Gasteiger partial charge on any atom is 0.224 e. The Morgan fingerprint density at radius 2 is 1.30 bits per heavy atom. The van der Waals surface area contributed by atoms with Gasteiger partial charge >= 0.3 is 0 Å². The molecule has 1 aliphatic rings. The van der Waals surface area contributed by atoms with Crippen LogP contribution in [0.2, 0.25) is 0 Å². The number of carbonyl (C=O) groups is 2. The standard InChI is InChI=1S/C27H30N4O2/c32-26(13-19-16-28-24-7-3-1-5-22(19)24)30-15-18-9-11-21(12-10-18)31-27(33)14-20-17-29-25-8-4-2-6-23(20)25/h1-8,16-18,21,28-29H,9-15H2,(H,30,32)(H,31,33). The number of carbonyl (C=O) groups excluding carboxylic acids is 2. The lowest BCUT2D eigenvalue weighted by Crippen LogP contribution is -2.40. The number of hydrogen-bond donors (Lipinski definition) is 4. The van der Waals surface area contributed by atoms with E-state index < -0.39 is 0 Å². The predicted molar refractivity (Wildman–Crippen MR) is 131 cm³/mol. The van der Waals surface area contributed by atoms with Crippen LogP contribution >= 0.6 is 0 Å². The van der Waals surface area contributed by atoms with Crippen molar-refractivity contribution in [3.05, 3.63) is 72.1 Å². The van der Waals surface area contributed by atoms with Crippen LogP contribution in [-0.2, 0) is 22.4 Å². The maximum atomic E-state index is 12.6. The highest BCUT2D eigenvalue weighted by Gasteiger charge is 2.23. The fourth-order valence-corrected chi connectivity index (χ4v) is 5.01. The summed E-state index contributed by atoms with van der Waals surface area (Å²) in [5, 5.41) is 8.54. The molecule has 6 nitrogen and oxygen atoms in total. The predicted octanol–water partition coefficient (Wildman–Crippen LogP) is 4.23. The third kappa shape index (κ3) is 4.95. The fourth-order valence-electron chi connectivity index (χ4n) is 5.01. The average molecular weight is 443 g/mol. The van der Waals surface area contributed by atoms with Gasteiger partial charge in [0.1, 0.15) is 0 Å². The first-order chi connectivity index (χ1) is 16.2. The van der Waals surface area contributed by atoms with Gasteiger partial charge in [-0.15, -0.1) is 0 Å². The minimum atomic E-state index is 0.0638. The Hall–Kier alpha value is -3.54. The lowest BCUT2D eigenvalue weighted by atomic mass is 9.86. The van der Waals surface area contributed by atoms with E-state index in [1.54, 1.807) is 0 Å². The molecule has 2 amide bonds. The topological polar surface area (TPSA) is 89.8 Å². The van der Waals surface area contributed by atoms with Crippen LogP contribution in [0.5, 0.6) is 0 Å². The van der Waals surface area contributed by atoms with Gasteiger partial charge in [0.25, 0.3) is 0 Å². The molecule has 0 atom stereocenters. The Morgan fingerprint density at radius 3 is 1.91 bits per heavy atom. The molecule has 2 aromatic heterocycles. The Morgan fingerprint density at radius 1 is 0.758 bits per heavy atom.